The largest absolute Gasteiger partial charge is 0.255 e. The van der Waals surface area contributed by atoms with E-state index in [0.29, 0.717) is 0 Å². The minimum Gasteiger partial charge on any atom is -0.255 e. The molecule has 0 fully saturated rings. The Labute approximate surface area is 138 Å². The van der Waals surface area contributed by atoms with Gasteiger partial charge in [-0.25, -0.2) is 0 Å². The van der Waals surface area contributed by atoms with E-state index in [1.54, 1.807) is 6.20 Å². The molecular formula is C18H15IN2. The Balaban J connectivity index is 2.11. The first-order valence-corrected chi connectivity index (χ1v) is 7.88. The van der Waals surface area contributed by atoms with Crippen molar-refractivity contribution in [3.63, 3.8) is 0 Å². The molecule has 2 aromatic heterocycles. The normalized spacial score (nSPS) is 10.6. The minimum atomic E-state index is 0.901. The van der Waals surface area contributed by atoms with Crippen LogP contribution < -0.4 is 0 Å². The summed E-state index contributed by atoms with van der Waals surface area (Å²) in [5.74, 6) is 0. The third-order valence-corrected chi connectivity index (χ3v) is 5.05. The maximum absolute atomic E-state index is 4.44. The van der Waals surface area contributed by atoms with E-state index >= 15 is 0 Å². The zero-order chi connectivity index (χ0) is 14.8. The van der Waals surface area contributed by atoms with Gasteiger partial charge in [-0.1, -0.05) is 18.2 Å². The van der Waals surface area contributed by atoms with Gasteiger partial charge in [0.25, 0.3) is 0 Å². The number of pyridine rings is 2. The number of rotatable bonds is 2. The van der Waals surface area contributed by atoms with E-state index in [4.69, 9.17) is 0 Å². The molecule has 2 nitrogen and oxygen atoms in total. The Bertz CT molecular complexity index is 782. The van der Waals surface area contributed by atoms with Crippen LogP contribution >= 0.6 is 22.6 Å². The van der Waals surface area contributed by atoms with Gasteiger partial charge in [-0.3, -0.25) is 9.97 Å². The van der Waals surface area contributed by atoms with Crippen molar-refractivity contribution in [2.24, 2.45) is 0 Å². The van der Waals surface area contributed by atoms with Crippen LogP contribution in [-0.4, -0.2) is 9.97 Å². The molecule has 0 bridgehead atoms. The van der Waals surface area contributed by atoms with Crippen molar-refractivity contribution in [1.29, 1.82) is 0 Å². The number of nitrogens with zero attached hydrogens (tertiary/aromatic N) is 2. The van der Waals surface area contributed by atoms with Crippen LogP contribution in [0.2, 0.25) is 0 Å². The van der Waals surface area contributed by atoms with E-state index in [2.05, 4.69) is 70.7 Å². The second-order valence-corrected chi connectivity index (χ2v) is 6.09. The van der Waals surface area contributed by atoms with Crippen molar-refractivity contribution in [3.05, 3.63) is 69.6 Å². The molecule has 0 radical (unpaired) electrons. The average molecular weight is 386 g/mol. The van der Waals surface area contributed by atoms with Crippen molar-refractivity contribution in [1.82, 2.24) is 9.97 Å². The highest BCUT2D eigenvalue weighted by Crippen LogP contribution is 2.30. The van der Waals surface area contributed by atoms with Gasteiger partial charge >= 0.3 is 0 Å². The third-order valence-electron chi connectivity index (χ3n) is 3.66. The fourth-order valence-electron chi connectivity index (χ4n) is 2.26. The zero-order valence-corrected chi connectivity index (χ0v) is 14.1. The molecule has 0 amide bonds. The summed E-state index contributed by atoms with van der Waals surface area (Å²) in [6.45, 7) is 4.31. The Morgan fingerprint density at radius 1 is 0.857 bits per heavy atom. The van der Waals surface area contributed by atoms with Gasteiger partial charge in [0, 0.05) is 16.0 Å². The number of aromatic nitrogens is 2. The van der Waals surface area contributed by atoms with Crippen molar-refractivity contribution in [3.8, 4) is 22.5 Å². The van der Waals surface area contributed by atoms with E-state index in [1.807, 2.05) is 24.4 Å². The van der Waals surface area contributed by atoms with Gasteiger partial charge < -0.3 is 0 Å². The van der Waals surface area contributed by atoms with Crippen molar-refractivity contribution in [2.45, 2.75) is 13.8 Å². The number of halogens is 1. The summed E-state index contributed by atoms with van der Waals surface area (Å²) in [6, 6.07) is 14.4. The molecule has 104 valence electrons. The number of hydrogen-bond donors (Lipinski definition) is 0. The van der Waals surface area contributed by atoms with Crippen LogP contribution in [0.4, 0.5) is 0 Å². The maximum Gasteiger partial charge on any atom is 0.0892 e. The van der Waals surface area contributed by atoms with Crippen LogP contribution in [0.15, 0.2) is 54.9 Å². The Hall–Kier alpha value is -1.75. The lowest BCUT2D eigenvalue weighted by molar-refractivity contribution is 1.24. The molecule has 0 aliphatic rings. The van der Waals surface area contributed by atoms with Crippen LogP contribution in [0, 0.1) is 17.4 Å². The second kappa shape index (κ2) is 5.93. The standard InChI is InChI=1S/C18H15IN2/c1-12-6-7-15(18(19)13(12)2)14-8-10-21-17(11-14)16-5-3-4-9-20-16/h3-11H,1-2H3. The topological polar surface area (TPSA) is 25.8 Å². The number of benzene rings is 1. The molecular weight excluding hydrogens is 371 g/mol. The lowest BCUT2D eigenvalue weighted by Crippen LogP contribution is -1.92. The summed E-state index contributed by atoms with van der Waals surface area (Å²) in [5.41, 5.74) is 6.89. The summed E-state index contributed by atoms with van der Waals surface area (Å²) in [4.78, 5) is 8.81. The van der Waals surface area contributed by atoms with Gasteiger partial charge in [0.05, 0.1) is 11.4 Å². The Kier molecular flexibility index (Phi) is 4.01. The monoisotopic (exact) mass is 386 g/mol. The lowest BCUT2D eigenvalue weighted by atomic mass is 10.0. The van der Waals surface area contributed by atoms with Crippen LogP contribution in [0.1, 0.15) is 11.1 Å². The molecule has 0 atom stereocenters. The fraction of sp³-hybridized carbons (Fsp3) is 0.111. The number of aryl methyl sites for hydroxylation is 1. The first-order chi connectivity index (χ1) is 10.2. The SMILES string of the molecule is Cc1ccc(-c2ccnc(-c3ccccn3)c2)c(I)c1C. The van der Waals surface area contributed by atoms with Gasteiger partial charge in [-0.2, -0.15) is 0 Å². The highest BCUT2D eigenvalue weighted by molar-refractivity contribution is 14.1. The molecule has 0 saturated carbocycles. The molecule has 0 aliphatic heterocycles. The third kappa shape index (κ3) is 2.83. The molecule has 2 heterocycles. The Morgan fingerprint density at radius 2 is 1.67 bits per heavy atom. The quantitative estimate of drug-likeness (QED) is 0.578. The van der Waals surface area contributed by atoms with E-state index in [0.717, 1.165) is 11.4 Å². The van der Waals surface area contributed by atoms with Crippen LogP contribution in [-0.2, 0) is 0 Å². The van der Waals surface area contributed by atoms with Crippen LogP contribution in [0.25, 0.3) is 22.5 Å². The molecule has 0 N–H and O–H groups in total. The highest BCUT2D eigenvalue weighted by atomic mass is 127. The summed E-state index contributed by atoms with van der Waals surface area (Å²) in [7, 11) is 0. The average Bonchev–Trinajstić information content (AvgIpc) is 2.54. The smallest absolute Gasteiger partial charge is 0.0892 e. The summed E-state index contributed by atoms with van der Waals surface area (Å²) >= 11 is 2.42. The van der Waals surface area contributed by atoms with Crippen molar-refractivity contribution >= 4 is 22.6 Å². The number of hydrogen-bond acceptors (Lipinski definition) is 2. The first-order valence-electron chi connectivity index (χ1n) is 6.80. The fourth-order valence-corrected chi connectivity index (χ4v) is 3.17. The van der Waals surface area contributed by atoms with Gasteiger partial charge in [-0.05, 0) is 83.0 Å². The van der Waals surface area contributed by atoms with E-state index in [1.165, 1.54) is 25.8 Å². The van der Waals surface area contributed by atoms with Gasteiger partial charge in [0.1, 0.15) is 0 Å². The highest BCUT2D eigenvalue weighted by Gasteiger charge is 2.09. The molecule has 0 unspecified atom stereocenters. The van der Waals surface area contributed by atoms with E-state index < -0.39 is 0 Å². The first kappa shape index (κ1) is 14.2. The molecule has 3 rings (SSSR count). The molecule has 1 aromatic carbocycles. The molecule has 0 aliphatic carbocycles. The summed E-state index contributed by atoms with van der Waals surface area (Å²) in [6.07, 6.45) is 3.65. The van der Waals surface area contributed by atoms with Gasteiger partial charge in [0.15, 0.2) is 0 Å². The molecule has 3 aromatic rings. The zero-order valence-electron chi connectivity index (χ0n) is 12.0. The van der Waals surface area contributed by atoms with Crippen LogP contribution in [0.3, 0.4) is 0 Å². The predicted molar refractivity (Wildman–Crippen MR) is 95.1 cm³/mol. The summed E-state index contributed by atoms with van der Waals surface area (Å²) < 4.78 is 1.30. The van der Waals surface area contributed by atoms with E-state index in [-0.39, 0.29) is 0 Å². The Morgan fingerprint density at radius 3 is 2.43 bits per heavy atom. The lowest BCUT2D eigenvalue weighted by Gasteiger charge is -2.11. The molecule has 21 heavy (non-hydrogen) atoms. The predicted octanol–water partition coefficient (Wildman–Crippen LogP) is 5.03. The summed E-state index contributed by atoms with van der Waals surface area (Å²) in [5, 5.41) is 0. The molecule has 3 heteroatoms. The van der Waals surface area contributed by atoms with E-state index in [9.17, 15) is 0 Å². The van der Waals surface area contributed by atoms with Gasteiger partial charge in [0.2, 0.25) is 0 Å². The van der Waals surface area contributed by atoms with Crippen molar-refractivity contribution < 1.29 is 0 Å². The minimum absolute atomic E-state index is 0.901. The second-order valence-electron chi connectivity index (χ2n) is 5.01. The maximum atomic E-state index is 4.44. The van der Waals surface area contributed by atoms with Crippen molar-refractivity contribution in [2.75, 3.05) is 0 Å². The molecule has 0 spiro atoms. The van der Waals surface area contributed by atoms with Crippen LogP contribution in [0.5, 0.6) is 0 Å². The molecule has 0 saturated heterocycles. The van der Waals surface area contributed by atoms with Gasteiger partial charge in [-0.15, -0.1) is 0 Å².